The van der Waals surface area contributed by atoms with Gasteiger partial charge in [-0.15, -0.1) is 0 Å². The van der Waals surface area contributed by atoms with E-state index in [1.165, 1.54) is 0 Å². The normalized spacial score (nSPS) is 9.85. The molecule has 0 radical (unpaired) electrons. The second-order valence-electron chi connectivity index (χ2n) is 4.29. The number of hydrogen-bond acceptors (Lipinski definition) is 2. The number of hydrogen-bond donors (Lipinski definition) is 3. The number of rotatable bonds is 3. The van der Waals surface area contributed by atoms with Crippen molar-refractivity contribution in [2.75, 3.05) is 10.6 Å². The number of primary amides is 1. The minimum atomic E-state index is -0.519. The number of nitrogens with one attached hydrogen (secondary N) is 2. The monoisotopic (exact) mass is 269 g/mol. The van der Waals surface area contributed by atoms with Gasteiger partial charge in [-0.3, -0.25) is 4.79 Å². The lowest BCUT2D eigenvalue weighted by Gasteiger charge is -2.11. The van der Waals surface area contributed by atoms with Gasteiger partial charge in [0, 0.05) is 16.9 Å². The lowest BCUT2D eigenvalue weighted by atomic mass is 10.1. The molecule has 0 aliphatic rings. The van der Waals surface area contributed by atoms with Gasteiger partial charge in [0.2, 0.25) is 5.91 Å². The van der Waals surface area contributed by atoms with Gasteiger partial charge in [-0.25, -0.2) is 4.79 Å². The Morgan fingerprint density at radius 2 is 1.65 bits per heavy atom. The molecule has 20 heavy (non-hydrogen) atoms. The molecule has 2 aromatic rings. The molecule has 0 fully saturated rings. The summed E-state index contributed by atoms with van der Waals surface area (Å²) in [5.74, 6) is -0.519. The molecule has 0 atom stereocenters. The van der Waals surface area contributed by atoms with Crippen LogP contribution < -0.4 is 16.4 Å². The number of carbonyl (C=O) groups excluding carboxylic acids is 2. The Labute approximate surface area is 116 Å². The van der Waals surface area contributed by atoms with Crippen LogP contribution in [0.1, 0.15) is 15.9 Å². The lowest BCUT2D eigenvalue weighted by molar-refractivity contribution is 0.0999. The number of amides is 3. The van der Waals surface area contributed by atoms with E-state index in [9.17, 15) is 9.59 Å². The average molecular weight is 269 g/mol. The van der Waals surface area contributed by atoms with Crippen LogP contribution in [-0.4, -0.2) is 11.9 Å². The first-order chi connectivity index (χ1) is 9.58. The predicted octanol–water partition coefficient (Wildman–Crippen LogP) is 2.74. The van der Waals surface area contributed by atoms with Crippen LogP contribution in [0, 0.1) is 6.92 Å². The Bertz CT molecular complexity index is 639. The van der Waals surface area contributed by atoms with Crippen molar-refractivity contribution in [3.05, 3.63) is 59.7 Å². The molecule has 0 aliphatic heterocycles. The van der Waals surface area contributed by atoms with E-state index in [0.717, 1.165) is 0 Å². The Morgan fingerprint density at radius 3 is 2.30 bits per heavy atom. The molecule has 0 saturated carbocycles. The van der Waals surface area contributed by atoms with Crippen LogP contribution in [0.2, 0.25) is 0 Å². The van der Waals surface area contributed by atoms with E-state index in [1.807, 2.05) is 18.2 Å². The summed E-state index contributed by atoms with van der Waals surface area (Å²) in [6.45, 7) is 1.73. The highest BCUT2D eigenvalue weighted by Gasteiger charge is 2.10. The molecule has 0 aromatic heterocycles. The first-order valence-electron chi connectivity index (χ1n) is 6.10. The molecular formula is C15H15N3O2. The molecule has 3 amide bonds. The third kappa shape index (κ3) is 3.14. The SMILES string of the molecule is Cc1c(NC(=O)Nc2ccccc2)cccc1C(N)=O. The second-order valence-corrected chi connectivity index (χ2v) is 4.29. The van der Waals surface area contributed by atoms with Crippen LogP contribution in [0.15, 0.2) is 48.5 Å². The van der Waals surface area contributed by atoms with E-state index in [-0.39, 0.29) is 6.03 Å². The standard InChI is InChI=1S/C15H15N3O2/c1-10-12(14(16)19)8-5-9-13(10)18-15(20)17-11-6-3-2-4-7-11/h2-9H,1H3,(H2,16,19)(H2,17,18,20). The first-order valence-corrected chi connectivity index (χ1v) is 6.10. The molecule has 5 heteroatoms. The van der Waals surface area contributed by atoms with E-state index >= 15 is 0 Å². The Balaban J connectivity index is 2.12. The van der Waals surface area contributed by atoms with Gasteiger partial charge in [-0.05, 0) is 36.8 Å². The van der Waals surface area contributed by atoms with Crippen LogP contribution in [0.5, 0.6) is 0 Å². The average Bonchev–Trinajstić information content (AvgIpc) is 2.42. The molecule has 0 heterocycles. The molecule has 2 rings (SSSR count). The van der Waals surface area contributed by atoms with Crippen LogP contribution in [-0.2, 0) is 0 Å². The molecule has 5 nitrogen and oxygen atoms in total. The van der Waals surface area contributed by atoms with E-state index in [4.69, 9.17) is 5.73 Å². The van der Waals surface area contributed by atoms with Crippen LogP contribution in [0.25, 0.3) is 0 Å². The van der Waals surface area contributed by atoms with Crippen molar-refractivity contribution in [3.8, 4) is 0 Å². The summed E-state index contributed by atoms with van der Waals surface area (Å²) < 4.78 is 0. The summed E-state index contributed by atoms with van der Waals surface area (Å²) in [4.78, 5) is 23.1. The summed E-state index contributed by atoms with van der Waals surface area (Å²) in [6.07, 6.45) is 0. The smallest absolute Gasteiger partial charge is 0.323 e. The summed E-state index contributed by atoms with van der Waals surface area (Å²) >= 11 is 0. The van der Waals surface area contributed by atoms with E-state index in [1.54, 1.807) is 37.3 Å². The molecule has 102 valence electrons. The van der Waals surface area contributed by atoms with Gasteiger partial charge in [0.05, 0.1) is 0 Å². The summed E-state index contributed by atoms with van der Waals surface area (Å²) in [7, 11) is 0. The molecule has 0 aliphatic carbocycles. The van der Waals surface area contributed by atoms with Gasteiger partial charge < -0.3 is 16.4 Å². The number of nitrogens with two attached hydrogens (primary N) is 1. The van der Waals surface area contributed by atoms with Crippen LogP contribution in [0.4, 0.5) is 16.2 Å². The third-order valence-corrected chi connectivity index (χ3v) is 2.88. The number of benzene rings is 2. The van der Waals surface area contributed by atoms with Crippen molar-refractivity contribution in [1.29, 1.82) is 0 Å². The zero-order valence-corrected chi connectivity index (χ0v) is 11.0. The molecular weight excluding hydrogens is 254 g/mol. The molecule has 0 saturated heterocycles. The maximum Gasteiger partial charge on any atom is 0.323 e. The van der Waals surface area contributed by atoms with Crippen molar-refractivity contribution < 1.29 is 9.59 Å². The molecule has 0 unspecified atom stereocenters. The number of para-hydroxylation sites is 1. The van der Waals surface area contributed by atoms with Crippen LogP contribution >= 0.6 is 0 Å². The summed E-state index contributed by atoms with van der Waals surface area (Å²) in [6, 6.07) is 13.7. The highest BCUT2D eigenvalue weighted by molar-refractivity contribution is 6.02. The highest BCUT2D eigenvalue weighted by Crippen LogP contribution is 2.19. The zero-order chi connectivity index (χ0) is 14.5. The fourth-order valence-electron chi connectivity index (χ4n) is 1.84. The van der Waals surface area contributed by atoms with Gasteiger partial charge in [0.25, 0.3) is 0 Å². The largest absolute Gasteiger partial charge is 0.366 e. The zero-order valence-electron chi connectivity index (χ0n) is 11.0. The Morgan fingerprint density at radius 1 is 0.950 bits per heavy atom. The van der Waals surface area contributed by atoms with Crippen molar-refractivity contribution in [2.45, 2.75) is 6.92 Å². The predicted molar refractivity (Wildman–Crippen MR) is 78.8 cm³/mol. The van der Waals surface area contributed by atoms with Crippen LogP contribution in [0.3, 0.4) is 0 Å². The minimum Gasteiger partial charge on any atom is -0.366 e. The van der Waals surface area contributed by atoms with E-state index in [2.05, 4.69) is 10.6 Å². The lowest BCUT2D eigenvalue weighted by Crippen LogP contribution is -2.21. The van der Waals surface area contributed by atoms with Crippen molar-refractivity contribution in [2.24, 2.45) is 5.73 Å². The number of anilines is 2. The third-order valence-electron chi connectivity index (χ3n) is 2.88. The maximum absolute atomic E-state index is 11.9. The number of urea groups is 1. The van der Waals surface area contributed by atoms with Gasteiger partial charge >= 0.3 is 6.03 Å². The number of carbonyl (C=O) groups is 2. The van der Waals surface area contributed by atoms with Gasteiger partial charge in [0.15, 0.2) is 0 Å². The maximum atomic E-state index is 11.9. The van der Waals surface area contributed by atoms with Crippen molar-refractivity contribution >= 4 is 23.3 Å². The molecule has 0 bridgehead atoms. The van der Waals surface area contributed by atoms with E-state index < -0.39 is 5.91 Å². The topological polar surface area (TPSA) is 84.2 Å². The molecule has 2 aromatic carbocycles. The summed E-state index contributed by atoms with van der Waals surface area (Å²) in [5, 5.41) is 5.40. The quantitative estimate of drug-likeness (QED) is 0.800. The first kappa shape index (κ1) is 13.6. The minimum absolute atomic E-state index is 0.374. The molecule has 4 N–H and O–H groups in total. The highest BCUT2D eigenvalue weighted by atomic mass is 16.2. The van der Waals surface area contributed by atoms with Crippen molar-refractivity contribution in [3.63, 3.8) is 0 Å². The fourth-order valence-corrected chi connectivity index (χ4v) is 1.84. The van der Waals surface area contributed by atoms with Crippen molar-refractivity contribution in [1.82, 2.24) is 0 Å². The van der Waals surface area contributed by atoms with Gasteiger partial charge in [0.1, 0.15) is 0 Å². The fraction of sp³-hybridized carbons (Fsp3) is 0.0667. The van der Waals surface area contributed by atoms with Gasteiger partial charge in [-0.1, -0.05) is 24.3 Å². The Kier molecular flexibility index (Phi) is 4.00. The second kappa shape index (κ2) is 5.88. The summed E-state index contributed by atoms with van der Waals surface area (Å²) in [5.41, 5.74) is 7.54. The van der Waals surface area contributed by atoms with E-state index in [0.29, 0.717) is 22.5 Å². The van der Waals surface area contributed by atoms with Gasteiger partial charge in [-0.2, -0.15) is 0 Å². The Hall–Kier alpha value is -2.82. The molecule has 0 spiro atoms.